The molecule has 0 saturated heterocycles. The molecule has 0 spiro atoms. The number of hydrogen-bond donors (Lipinski definition) is 0. The van der Waals surface area contributed by atoms with Crippen LogP contribution in [0.3, 0.4) is 0 Å². The molecule has 5 rings (SSSR count). The van der Waals surface area contributed by atoms with Crippen LogP contribution in [0.5, 0.6) is 5.75 Å². The monoisotopic (exact) mass is 490 g/mol. The average Bonchev–Trinajstić information content (AvgIpc) is 3.31. The van der Waals surface area contributed by atoms with Crippen LogP contribution in [0, 0.1) is 0 Å². The van der Waals surface area contributed by atoms with Gasteiger partial charge in [-0.25, -0.2) is 0 Å². The summed E-state index contributed by atoms with van der Waals surface area (Å²) in [5, 5.41) is 0.839. The molecular weight excluding hydrogens is 474 g/mol. The first-order valence-corrected chi connectivity index (χ1v) is 10.4. The molecule has 10 heteroatoms. The lowest BCUT2D eigenvalue weighted by atomic mass is 10.1. The molecular formula is C25H16F6N2O2. The van der Waals surface area contributed by atoms with Gasteiger partial charge in [0.15, 0.2) is 0 Å². The molecule has 0 radical (unpaired) electrons. The zero-order valence-corrected chi connectivity index (χ0v) is 17.8. The molecule has 0 bridgehead atoms. The number of nitrogens with zero attached hydrogens (tertiary/aromatic N) is 2. The maximum atomic E-state index is 13.6. The van der Waals surface area contributed by atoms with Gasteiger partial charge in [0.2, 0.25) is 0 Å². The van der Waals surface area contributed by atoms with Crippen LogP contribution in [0.1, 0.15) is 22.7 Å². The van der Waals surface area contributed by atoms with Gasteiger partial charge in [0.05, 0.1) is 17.8 Å². The summed E-state index contributed by atoms with van der Waals surface area (Å²) in [6.45, 7) is -0.0564. The number of halogens is 6. The van der Waals surface area contributed by atoms with Crippen LogP contribution in [0.15, 0.2) is 79.0 Å². The van der Waals surface area contributed by atoms with Gasteiger partial charge in [-0.05, 0) is 53.4 Å². The van der Waals surface area contributed by atoms with Crippen molar-refractivity contribution in [2.75, 3.05) is 4.90 Å². The molecule has 1 atom stereocenters. The third-order valence-electron chi connectivity index (χ3n) is 5.85. The highest BCUT2D eigenvalue weighted by atomic mass is 19.4. The molecule has 0 fully saturated rings. The molecule has 0 N–H and O–H groups in total. The molecule has 180 valence electrons. The Balaban J connectivity index is 1.57. The Morgan fingerprint density at radius 1 is 0.857 bits per heavy atom. The number of carbonyl (C=O) groups is 1. The van der Waals surface area contributed by atoms with E-state index in [2.05, 4.69) is 4.74 Å². The first-order chi connectivity index (χ1) is 16.5. The Labute approximate surface area is 194 Å². The second-order valence-corrected chi connectivity index (χ2v) is 8.07. The number of carbonyl (C=O) groups excluding carboxylic acids is 1. The van der Waals surface area contributed by atoms with E-state index in [-0.39, 0.29) is 6.54 Å². The molecule has 4 aromatic rings. The van der Waals surface area contributed by atoms with E-state index in [0.29, 0.717) is 22.3 Å². The molecule has 1 unspecified atom stereocenters. The van der Waals surface area contributed by atoms with Gasteiger partial charge in [0, 0.05) is 17.3 Å². The minimum atomic E-state index is -4.91. The van der Waals surface area contributed by atoms with Crippen molar-refractivity contribution in [1.82, 2.24) is 4.57 Å². The molecule has 1 aliphatic heterocycles. The zero-order valence-electron chi connectivity index (χ0n) is 17.8. The number of aromatic nitrogens is 1. The summed E-state index contributed by atoms with van der Waals surface area (Å²) in [6, 6.07) is 16.1. The molecule has 1 aliphatic rings. The number of para-hydroxylation sites is 1. The predicted molar refractivity (Wildman–Crippen MR) is 116 cm³/mol. The fourth-order valence-electron chi connectivity index (χ4n) is 4.34. The molecule has 2 heterocycles. The van der Waals surface area contributed by atoms with Gasteiger partial charge in [-0.1, -0.05) is 30.3 Å². The second-order valence-electron chi connectivity index (χ2n) is 8.07. The fourth-order valence-corrected chi connectivity index (χ4v) is 4.34. The van der Waals surface area contributed by atoms with E-state index < -0.39 is 35.8 Å². The molecule has 35 heavy (non-hydrogen) atoms. The lowest BCUT2D eigenvalue weighted by Gasteiger charge is -2.19. The number of benzene rings is 3. The van der Waals surface area contributed by atoms with Gasteiger partial charge in [-0.15, -0.1) is 13.2 Å². The third-order valence-corrected chi connectivity index (χ3v) is 5.85. The van der Waals surface area contributed by atoms with Gasteiger partial charge in [-0.3, -0.25) is 4.79 Å². The summed E-state index contributed by atoms with van der Waals surface area (Å²) < 4.78 is 83.0. The highest BCUT2D eigenvalue weighted by Crippen LogP contribution is 2.43. The first-order valence-electron chi connectivity index (χ1n) is 10.4. The number of rotatable bonds is 4. The van der Waals surface area contributed by atoms with E-state index in [1.54, 1.807) is 29.0 Å². The fraction of sp³-hybridized carbons (Fsp3) is 0.160. The first kappa shape index (κ1) is 22.8. The zero-order chi connectivity index (χ0) is 25.0. The number of hydrogen-bond acceptors (Lipinski definition) is 2. The van der Waals surface area contributed by atoms with Crippen LogP contribution in [-0.2, 0) is 17.5 Å². The van der Waals surface area contributed by atoms with E-state index in [1.807, 2.05) is 12.1 Å². The van der Waals surface area contributed by atoms with Crippen LogP contribution in [0.25, 0.3) is 10.9 Å². The molecule has 1 aromatic heterocycles. The van der Waals surface area contributed by atoms with Crippen molar-refractivity contribution in [3.8, 4) is 5.75 Å². The van der Waals surface area contributed by atoms with Crippen molar-refractivity contribution in [3.63, 3.8) is 0 Å². The molecule has 1 amide bonds. The second kappa shape index (κ2) is 8.07. The minimum Gasteiger partial charge on any atom is -0.406 e. The van der Waals surface area contributed by atoms with E-state index in [0.717, 1.165) is 23.6 Å². The Morgan fingerprint density at radius 2 is 1.57 bits per heavy atom. The highest BCUT2D eigenvalue weighted by Gasteiger charge is 2.40. The lowest BCUT2D eigenvalue weighted by molar-refractivity contribution is -0.274. The van der Waals surface area contributed by atoms with Crippen molar-refractivity contribution in [1.29, 1.82) is 0 Å². The SMILES string of the molecule is O=C1C(n2ccc3ccccc32)c2cc(OC(F)(F)F)ccc2N1Cc1ccc(C(F)(F)F)cc1. The number of ether oxygens (including phenoxy) is 1. The molecule has 3 aromatic carbocycles. The number of anilines is 1. The quantitative estimate of drug-likeness (QED) is 0.299. The Bertz CT molecular complexity index is 1410. The number of amides is 1. The van der Waals surface area contributed by atoms with Crippen molar-refractivity contribution in [2.24, 2.45) is 0 Å². The van der Waals surface area contributed by atoms with Crippen LogP contribution in [0.2, 0.25) is 0 Å². The topological polar surface area (TPSA) is 34.5 Å². The van der Waals surface area contributed by atoms with Crippen molar-refractivity contribution >= 4 is 22.5 Å². The summed E-state index contributed by atoms with van der Waals surface area (Å²) >= 11 is 0. The van der Waals surface area contributed by atoms with Crippen LogP contribution < -0.4 is 9.64 Å². The normalized spacial score (nSPS) is 16.1. The average molecular weight is 490 g/mol. The summed E-state index contributed by atoms with van der Waals surface area (Å²) in [5.41, 5.74) is 0.971. The van der Waals surface area contributed by atoms with Crippen molar-refractivity contribution in [2.45, 2.75) is 25.1 Å². The summed E-state index contributed by atoms with van der Waals surface area (Å²) in [6.07, 6.45) is -7.73. The number of fused-ring (bicyclic) bond motifs is 2. The number of alkyl halides is 6. The summed E-state index contributed by atoms with van der Waals surface area (Å²) in [7, 11) is 0. The van der Waals surface area contributed by atoms with E-state index >= 15 is 0 Å². The van der Waals surface area contributed by atoms with Gasteiger partial charge in [0.25, 0.3) is 5.91 Å². The van der Waals surface area contributed by atoms with Crippen LogP contribution in [0.4, 0.5) is 32.0 Å². The lowest BCUT2D eigenvalue weighted by Crippen LogP contribution is -2.30. The van der Waals surface area contributed by atoms with Gasteiger partial charge < -0.3 is 14.2 Å². The third kappa shape index (κ3) is 4.31. The summed E-state index contributed by atoms with van der Waals surface area (Å²) in [4.78, 5) is 14.9. The van der Waals surface area contributed by atoms with Gasteiger partial charge in [-0.2, -0.15) is 13.2 Å². The maximum absolute atomic E-state index is 13.6. The summed E-state index contributed by atoms with van der Waals surface area (Å²) in [5.74, 6) is -0.896. The predicted octanol–water partition coefficient (Wildman–Crippen LogP) is 6.69. The van der Waals surface area contributed by atoms with Gasteiger partial charge in [0.1, 0.15) is 11.8 Å². The molecule has 0 aliphatic carbocycles. The van der Waals surface area contributed by atoms with E-state index in [1.165, 1.54) is 29.2 Å². The Morgan fingerprint density at radius 3 is 2.26 bits per heavy atom. The van der Waals surface area contributed by atoms with E-state index in [9.17, 15) is 31.1 Å². The smallest absolute Gasteiger partial charge is 0.406 e. The van der Waals surface area contributed by atoms with E-state index in [4.69, 9.17) is 0 Å². The largest absolute Gasteiger partial charge is 0.573 e. The van der Waals surface area contributed by atoms with Crippen LogP contribution in [-0.4, -0.2) is 16.8 Å². The standard InChI is InChI=1S/C25H16F6N2O2/c26-24(27,28)17-7-5-15(6-8-17)14-33-21-10-9-18(35-25(29,30)31)13-19(21)22(23(33)34)32-12-11-16-3-1-2-4-20(16)32/h1-13,22H,14H2. The molecule has 0 saturated carbocycles. The minimum absolute atomic E-state index is 0.0564. The highest BCUT2D eigenvalue weighted by molar-refractivity contribution is 6.05. The van der Waals surface area contributed by atoms with Gasteiger partial charge >= 0.3 is 12.5 Å². The maximum Gasteiger partial charge on any atom is 0.573 e. The van der Waals surface area contributed by atoms with Crippen LogP contribution >= 0.6 is 0 Å². The molecule has 4 nitrogen and oxygen atoms in total. The van der Waals surface area contributed by atoms with Crippen molar-refractivity contribution < 1.29 is 35.9 Å². The van der Waals surface area contributed by atoms with Crippen molar-refractivity contribution in [3.05, 3.63) is 95.7 Å². The Hall–Kier alpha value is -3.95. The Kier molecular flexibility index (Phi) is 5.26.